The van der Waals surface area contributed by atoms with Crippen LogP contribution in [-0.2, 0) is 4.74 Å². The lowest BCUT2D eigenvalue weighted by Gasteiger charge is -2.08. The second-order valence-corrected chi connectivity index (χ2v) is 6.59. The van der Waals surface area contributed by atoms with Crippen LogP contribution in [0.2, 0.25) is 5.02 Å². The fourth-order valence-electron chi connectivity index (χ4n) is 2.56. The first-order valence-corrected chi connectivity index (χ1v) is 8.25. The molecule has 114 valence electrons. The molecule has 1 atom stereocenters. The van der Waals surface area contributed by atoms with E-state index in [0.29, 0.717) is 32.6 Å². The van der Waals surface area contributed by atoms with Gasteiger partial charge in [0.25, 0.3) is 5.56 Å². The molecule has 2 aromatic heterocycles. The Kier molecular flexibility index (Phi) is 3.48. The van der Waals surface area contributed by atoms with Gasteiger partial charge < -0.3 is 10.1 Å². The minimum atomic E-state index is -0.205. The summed E-state index contributed by atoms with van der Waals surface area (Å²) < 4.78 is 6.88. The first kappa shape index (κ1) is 13.9. The van der Waals surface area contributed by atoms with Gasteiger partial charge in [0, 0.05) is 18.2 Å². The number of nitrogens with one attached hydrogen (secondary N) is 1. The normalized spacial score (nSPS) is 18.3. The molecule has 0 spiro atoms. The lowest BCUT2D eigenvalue weighted by molar-refractivity contribution is 0.120. The highest BCUT2D eigenvalue weighted by Gasteiger charge is 2.16. The van der Waals surface area contributed by atoms with Crippen LogP contribution in [0.5, 0.6) is 0 Å². The molecule has 0 amide bonds. The number of rotatable bonds is 3. The molecular formula is C14H13ClN4O2S. The summed E-state index contributed by atoms with van der Waals surface area (Å²) in [4.78, 5) is 17.5. The summed E-state index contributed by atoms with van der Waals surface area (Å²) in [6.07, 6.45) is 2.37. The summed E-state index contributed by atoms with van der Waals surface area (Å²) in [5.74, 6) is 0. The molecule has 1 saturated heterocycles. The number of nitrogens with zero attached hydrogens (tertiary/aromatic N) is 3. The van der Waals surface area contributed by atoms with E-state index in [1.165, 1.54) is 15.9 Å². The van der Waals surface area contributed by atoms with Crippen molar-refractivity contribution in [3.63, 3.8) is 0 Å². The van der Waals surface area contributed by atoms with Crippen molar-refractivity contribution in [2.24, 2.45) is 0 Å². The van der Waals surface area contributed by atoms with E-state index in [2.05, 4.69) is 15.4 Å². The van der Waals surface area contributed by atoms with Crippen LogP contribution in [0, 0.1) is 0 Å². The predicted octanol–water partition coefficient (Wildman–Crippen LogP) is 2.55. The average molecular weight is 337 g/mol. The first-order valence-electron chi connectivity index (χ1n) is 7.05. The van der Waals surface area contributed by atoms with Crippen LogP contribution in [0.15, 0.2) is 23.0 Å². The zero-order valence-electron chi connectivity index (χ0n) is 11.6. The van der Waals surface area contributed by atoms with Gasteiger partial charge in [0.05, 0.1) is 17.0 Å². The quantitative estimate of drug-likeness (QED) is 0.796. The molecule has 0 radical (unpaired) electrons. The molecule has 3 aromatic rings. The molecule has 0 bridgehead atoms. The van der Waals surface area contributed by atoms with Crippen LogP contribution in [-0.4, -0.2) is 33.9 Å². The van der Waals surface area contributed by atoms with Crippen molar-refractivity contribution in [1.82, 2.24) is 14.6 Å². The van der Waals surface area contributed by atoms with E-state index in [9.17, 15) is 4.79 Å². The second-order valence-electron chi connectivity index (χ2n) is 5.20. The number of ether oxygens (including phenoxy) is 1. The van der Waals surface area contributed by atoms with E-state index in [1.54, 1.807) is 18.2 Å². The Morgan fingerprint density at radius 1 is 1.50 bits per heavy atom. The molecule has 1 aliphatic rings. The smallest absolute Gasteiger partial charge is 0.283 e. The van der Waals surface area contributed by atoms with Crippen LogP contribution < -0.4 is 10.9 Å². The van der Waals surface area contributed by atoms with Crippen molar-refractivity contribution in [3.05, 3.63) is 33.6 Å². The van der Waals surface area contributed by atoms with Crippen molar-refractivity contribution >= 4 is 43.9 Å². The minimum Gasteiger partial charge on any atom is -0.376 e. The molecule has 1 aromatic carbocycles. The van der Waals surface area contributed by atoms with Gasteiger partial charge in [-0.15, -0.1) is 5.10 Å². The molecule has 22 heavy (non-hydrogen) atoms. The van der Waals surface area contributed by atoms with Crippen molar-refractivity contribution in [3.8, 4) is 0 Å². The summed E-state index contributed by atoms with van der Waals surface area (Å²) in [7, 11) is 0. The predicted molar refractivity (Wildman–Crippen MR) is 87.1 cm³/mol. The number of fused-ring (bicyclic) bond motifs is 2. The maximum absolute atomic E-state index is 12.5. The standard InChI is InChI=1S/C14H13ClN4O2S/c15-8-3-4-11-10(6-8)12(20)19-14(17-11)22-13(18-19)16-7-9-2-1-5-21-9/h3-4,6,9H,1-2,5,7H2,(H,16,18). The van der Waals surface area contributed by atoms with Crippen molar-refractivity contribution in [1.29, 1.82) is 0 Å². The van der Waals surface area contributed by atoms with E-state index in [1.807, 2.05) is 0 Å². The number of hydrogen-bond acceptors (Lipinski definition) is 6. The van der Waals surface area contributed by atoms with Gasteiger partial charge in [-0.05, 0) is 31.0 Å². The minimum absolute atomic E-state index is 0.205. The second kappa shape index (κ2) is 5.49. The summed E-state index contributed by atoms with van der Waals surface area (Å²) in [5, 5.41) is 9.18. The number of anilines is 1. The molecule has 0 aliphatic carbocycles. The Labute approximate surface area is 134 Å². The fourth-order valence-corrected chi connectivity index (χ4v) is 3.54. The molecule has 0 saturated carbocycles. The van der Waals surface area contributed by atoms with Gasteiger partial charge in [0.15, 0.2) is 0 Å². The van der Waals surface area contributed by atoms with Gasteiger partial charge in [-0.3, -0.25) is 4.79 Å². The van der Waals surface area contributed by atoms with E-state index in [4.69, 9.17) is 16.3 Å². The first-order chi connectivity index (χ1) is 10.7. The maximum atomic E-state index is 12.5. The molecule has 3 heterocycles. The number of aromatic nitrogens is 3. The fraction of sp³-hybridized carbons (Fsp3) is 0.357. The van der Waals surface area contributed by atoms with Gasteiger partial charge in [-0.25, -0.2) is 4.98 Å². The maximum Gasteiger partial charge on any atom is 0.283 e. The zero-order chi connectivity index (χ0) is 15.1. The third kappa shape index (κ3) is 2.45. The Morgan fingerprint density at radius 2 is 2.41 bits per heavy atom. The topological polar surface area (TPSA) is 68.5 Å². The Morgan fingerprint density at radius 3 is 3.23 bits per heavy atom. The van der Waals surface area contributed by atoms with Crippen molar-refractivity contribution < 1.29 is 4.74 Å². The molecule has 1 fully saturated rings. The van der Waals surface area contributed by atoms with Gasteiger partial charge in [0.1, 0.15) is 0 Å². The monoisotopic (exact) mass is 336 g/mol. The number of benzene rings is 1. The van der Waals surface area contributed by atoms with E-state index in [0.717, 1.165) is 19.4 Å². The van der Waals surface area contributed by atoms with Crippen LogP contribution in [0.1, 0.15) is 12.8 Å². The highest BCUT2D eigenvalue weighted by Crippen LogP contribution is 2.21. The van der Waals surface area contributed by atoms with Crippen LogP contribution in [0.25, 0.3) is 15.9 Å². The van der Waals surface area contributed by atoms with E-state index >= 15 is 0 Å². The zero-order valence-corrected chi connectivity index (χ0v) is 13.2. The van der Waals surface area contributed by atoms with E-state index < -0.39 is 0 Å². The van der Waals surface area contributed by atoms with Gasteiger partial charge >= 0.3 is 0 Å². The largest absolute Gasteiger partial charge is 0.376 e. The van der Waals surface area contributed by atoms with Gasteiger partial charge in [0.2, 0.25) is 10.1 Å². The van der Waals surface area contributed by atoms with Crippen LogP contribution in [0.4, 0.5) is 5.13 Å². The number of halogens is 1. The molecule has 8 heteroatoms. The van der Waals surface area contributed by atoms with Gasteiger partial charge in [-0.2, -0.15) is 4.52 Å². The number of hydrogen-bond donors (Lipinski definition) is 1. The van der Waals surface area contributed by atoms with Crippen molar-refractivity contribution in [2.75, 3.05) is 18.5 Å². The van der Waals surface area contributed by atoms with Crippen LogP contribution >= 0.6 is 22.9 Å². The van der Waals surface area contributed by atoms with Gasteiger partial charge in [-0.1, -0.05) is 22.9 Å². The molecule has 1 unspecified atom stereocenters. The Hall–Kier alpha value is -1.70. The molecule has 1 N–H and O–H groups in total. The lowest BCUT2D eigenvalue weighted by atomic mass is 10.2. The third-order valence-electron chi connectivity index (χ3n) is 3.66. The van der Waals surface area contributed by atoms with Crippen molar-refractivity contribution in [2.45, 2.75) is 18.9 Å². The molecule has 4 rings (SSSR count). The summed E-state index contributed by atoms with van der Waals surface area (Å²) in [5.41, 5.74) is 0.424. The Bertz CT molecular complexity index is 901. The highest BCUT2D eigenvalue weighted by atomic mass is 35.5. The molecule has 6 nitrogen and oxygen atoms in total. The summed E-state index contributed by atoms with van der Waals surface area (Å²) in [6, 6.07) is 5.10. The summed E-state index contributed by atoms with van der Waals surface area (Å²) in [6.45, 7) is 1.51. The van der Waals surface area contributed by atoms with Crippen LogP contribution in [0.3, 0.4) is 0 Å². The third-order valence-corrected chi connectivity index (χ3v) is 4.76. The molecule has 1 aliphatic heterocycles. The Balaban J connectivity index is 1.71. The summed E-state index contributed by atoms with van der Waals surface area (Å²) >= 11 is 7.30. The highest BCUT2D eigenvalue weighted by molar-refractivity contribution is 7.20. The molecular weight excluding hydrogens is 324 g/mol. The average Bonchev–Trinajstić information content (AvgIpc) is 3.15. The lowest BCUT2D eigenvalue weighted by Crippen LogP contribution is -2.19. The SMILES string of the molecule is O=c1c2cc(Cl)ccc2nc2sc(NCC3CCCO3)nn12. The van der Waals surface area contributed by atoms with E-state index in [-0.39, 0.29) is 11.7 Å².